The van der Waals surface area contributed by atoms with Gasteiger partial charge in [0.2, 0.25) is 10.6 Å². The normalized spacial score (nSPS) is 18.4. The second-order valence-corrected chi connectivity index (χ2v) is 12.6. The number of thioether (sulfide) groups is 1. The third-order valence-corrected chi connectivity index (χ3v) is 12.6. The minimum atomic E-state index is -4.10. The van der Waals surface area contributed by atoms with E-state index in [0.717, 1.165) is 0 Å². The Morgan fingerprint density at radius 3 is 1.91 bits per heavy atom. The molecule has 0 saturated carbocycles. The number of fused-ring (bicyclic) bond motifs is 1. The minimum Gasteiger partial charge on any atom is -0.497 e. The largest absolute Gasteiger partial charge is 0.497 e. The molecule has 0 saturated heterocycles. The molecule has 1 unspecified atom stereocenters. The van der Waals surface area contributed by atoms with Crippen LogP contribution in [0.1, 0.15) is 33.3 Å². The number of methoxy groups -OCH3 is 1. The molecular formula is C19H30N4O7P2S. The molecule has 14 heteroatoms. The van der Waals surface area contributed by atoms with Gasteiger partial charge in [0.1, 0.15) is 12.1 Å². The van der Waals surface area contributed by atoms with Gasteiger partial charge in [0.25, 0.3) is 0 Å². The number of nitrogens with one attached hydrogen (secondary N) is 1. The van der Waals surface area contributed by atoms with Crippen LogP contribution in [0.4, 0.5) is 0 Å². The fraction of sp³-hybridized carbons (Fsp3) is 0.579. The number of rotatable bonds is 13. The lowest BCUT2D eigenvalue weighted by Gasteiger charge is -2.42. The van der Waals surface area contributed by atoms with Gasteiger partial charge < -0.3 is 22.8 Å². The number of hydrogen-bond acceptors (Lipinski definition) is 11. The van der Waals surface area contributed by atoms with E-state index in [1.807, 2.05) is 0 Å². The van der Waals surface area contributed by atoms with Crippen molar-refractivity contribution in [3.05, 3.63) is 36.2 Å². The molecular weight excluding hydrogens is 490 g/mol. The SMILES string of the molecule is CCOP(=O)(OCC)C(C1(c2ccc(OC)cc2)Nn2cnnc2S1)P(=O)(OCC)OCC. The smallest absolute Gasteiger partial charge is 0.349 e. The van der Waals surface area contributed by atoms with Gasteiger partial charge in [-0.25, -0.2) is 4.68 Å². The zero-order valence-corrected chi connectivity index (χ0v) is 21.9. The molecule has 184 valence electrons. The van der Waals surface area contributed by atoms with Crippen molar-refractivity contribution in [3.63, 3.8) is 0 Å². The van der Waals surface area contributed by atoms with Crippen LogP contribution in [0.5, 0.6) is 5.75 Å². The van der Waals surface area contributed by atoms with Crippen LogP contribution in [0, 0.1) is 0 Å². The third kappa shape index (κ3) is 5.03. The Kier molecular flexibility index (Phi) is 8.66. The fourth-order valence-corrected chi connectivity index (χ4v) is 11.4. The van der Waals surface area contributed by atoms with Crippen LogP contribution in [0.2, 0.25) is 0 Å². The van der Waals surface area contributed by atoms with Crippen molar-refractivity contribution in [1.82, 2.24) is 14.9 Å². The number of ether oxygens (including phenoxy) is 1. The lowest BCUT2D eigenvalue weighted by molar-refractivity contribution is 0.190. The minimum absolute atomic E-state index is 0.0709. The average molecular weight is 520 g/mol. The molecule has 0 fully saturated rings. The second kappa shape index (κ2) is 10.9. The number of aromatic nitrogens is 3. The summed E-state index contributed by atoms with van der Waals surface area (Å²) in [7, 11) is -6.64. The summed E-state index contributed by atoms with van der Waals surface area (Å²) in [5.74, 6) is 0.628. The maximum atomic E-state index is 14.4. The molecule has 2 aromatic rings. The zero-order valence-electron chi connectivity index (χ0n) is 19.3. The molecule has 1 aromatic heterocycles. The Balaban J connectivity index is 2.30. The van der Waals surface area contributed by atoms with Crippen LogP contribution >= 0.6 is 27.0 Å². The van der Waals surface area contributed by atoms with Gasteiger partial charge in [-0.15, -0.1) is 10.2 Å². The van der Waals surface area contributed by atoms with Crippen molar-refractivity contribution in [2.24, 2.45) is 0 Å². The molecule has 0 radical (unpaired) electrons. The van der Waals surface area contributed by atoms with Crippen molar-refractivity contribution in [3.8, 4) is 5.75 Å². The van der Waals surface area contributed by atoms with Crippen LogP contribution in [-0.4, -0.2) is 53.8 Å². The van der Waals surface area contributed by atoms with E-state index in [2.05, 4.69) is 15.6 Å². The van der Waals surface area contributed by atoms with Gasteiger partial charge in [-0.05, 0) is 57.2 Å². The Hall–Kier alpha value is -1.39. The monoisotopic (exact) mass is 520 g/mol. The van der Waals surface area contributed by atoms with E-state index < -0.39 is 25.5 Å². The molecule has 33 heavy (non-hydrogen) atoms. The van der Waals surface area contributed by atoms with Crippen LogP contribution in [0.15, 0.2) is 35.7 Å². The Morgan fingerprint density at radius 1 is 0.970 bits per heavy atom. The molecule has 3 rings (SSSR count). The second-order valence-electron chi connectivity index (χ2n) is 6.79. The molecule has 2 heterocycles. The van der Waals surface area contributed by atoms with Gasteiger partial charge in [0.15, 0.2) is 4.87 Å². The molecule has 0 bridgehead atoms. The van der Waals surface area contributed by atoms with Crippen LogP contribution in [0.3, 0.4) is 0 Å². The summed E-state index contributed by atoms with van der Waals surface area (Å²) in [6, 6.07) is 7.09. The summed E-state index contributed by atoms with van der Waals surface area (Å²) in [5, 5.41) is 7.14. The Bertz CT molecular complexity index is 949. The van der Waals surface area contributed by atoms with Crippen molar-refractivity contribution in [1.29, 1.82) is 0 Å². The average Bonchev–Trinajstić information content (AvgIpc) is 3.34. The maximum absolute atomic E-state index is 14.4. The van der Waals surface area contributed by atoms with Crippen molar-refractivity contribution in [2.75, 3.05) is 39.0 Å². The van der Waals surface area contributed by atoms with Crippen LogP contribution in [-0.2, 0) is 32.1 Å². The quantitative estimate of drug-likeness (QED) is 0.371. The standard InChI is InChI=1S/C19H30N4O7P2S/c1-6-27-31(24,28-7-2)17(32(25,29-8-3)30-9-4)19(15-10-12-16(26-5)13-11-15)22-23-14-20-21-18(23)33-19/h10-14,17,22H,6-9H2,1-5H3. The highest BCUT2D eigenvalue weighted by atomic mass is 32.2. The molecule has 1 aromatic carbocycles. The van der Waals surface area contributed by atoms with Gasteiger partial charge in [0.05, 0.1) is 33.5 Å². The fourth-order valence-electron chi connectivity index (χ4n) is 3.63. The van der Waals surface area contributed by atoms with Crippen LogP contribution < -0.4 is 10.2 Å². The van der Waals surface area contributed by atoms with E-state index in [0.29, 0.717) is 16.5 Å². The molecule has 0 amide bonds. The zero-order chi connectivity index (χ0) is 24.1. The molecule has 1 N–H and O–H groups in total. The first-order chi connectivity index (χ1) is 15.8. The predicted octanol–water partition coefficient (Wildman–Crippen LogP) is 4.65. The highest BCUT2D eigenvalue weighted by Crippen LogP contribution is 2.77. The first-order valence-electron chi connectivity index (χ1n) is 10.6. The first kappa shape index (κ1) is 26.2. The first-order valence-corrected chi connectivity index (χ1v) is 14.7. The molecule has 0 spiro atoms. The summed E-state index contributed by atoms with van der Waals surface area (Å²) >= 11 is 1.20. The van der Waals surface area contributed by atoms with Crippen molar-refractivity contribution in [2.45, 2.75) is 43.1 Å². The van der Waals surface area contributed by atoms with Gasteiger partial charge in [-0.2, -0.15) is 0 Å². The highest BCUT2D eigenvalue weighted by molar-refractivity contribution is 8.01. The highest BCUT2D eigenvalue weighted by Gasteiger charge is 2.66. The van der Waals surface area contributed by atoms with Gasteiger partial charge in [0, 0.05) is 0 Å². The number of benzene rings is 1. The number of hydrogen-bond donors (Lipinski definition) is 1. The van der Waals surface area contributed by atoms with E-state index in [4.69, 9.17) is 22.8 Å². The van der Waals surface area contributed by atoms with Crippen LogP contribution in [0.25, 0.3) is 0 Å². The number of nitrogens with zero attached hydrogens (tertiary/aromatic N) is 3. The third-order valence-electron chi connectivity index (χ3n) is 4.77. The van der Waals surface area contributed by atoms with Crippen molar-refractivity contribution >= 4 is 27.0 Å². The Labute approximate surface area is 197 Å². The van der Waals surface area contributed by atoms with E-state index in [-0.39, 0.29) is 26.4 Å². The van der Waals surface area contributed by atoms with E-state index >= 15 is 0 Å². The van der Waals surface area contributed by atoms with Gasteiger partial charge in [-0.1, -0.05) is 12.1 Å². The van der Waals surface area contributed by atoms with E-state index in [9.17, 15) is 9.13 Å². The van der Waals surface area contributed by atoms with Gasteiger partial charge >= 0.3 is 15.2 Å². The summed E-state index contributed by atoms with van der Waals surface area (Å²) in [5.41, 5.74) is 3.90. The molecule has 1 aliphatic rings. The Morgan fingerprint density at radius 2 is 1.48 bits per heavy atom. The van der Waals surface area contributed by atoms with Crippen molar-refractivity contribution < 1.29 is 32.0 Å². The molecule has 11 nitrogen and oxygen atoms in total. The molecule has 0 aliphatic carbocycles. The van der Waals surface area contributed by atoms with Gasteiger partial charge in [-0.3, -0.25) is 14.6 Å². The molecule has 1 aliphatic heterocycles. The lowest BCUT2D eigenvalue weighted by Crippen LogP contribution is -2.45. The predicted molar refractivity (Wildman–Crippen MR) is 125 cm³/mol. The van der Waals surface area contributed by atoms with E-state index in [1.54, 1.807) is 63.7 Å². The summed E-state index contributed by atoms with van der Waals surface area (Å²) in [4.78, 5) is -1.35. The molecule has 1 atom stereocenters. The topological polar surface area (TPSA) is 123 Å². The van der Waals surface area contributed by atoms with E-state index in [1.165, 1.54) is 18.1 Å². The summed E-state index contributed by atoms with van der Waals surface area (Å²) in [6.07, 6.45) is 1.48. The summed E-state index contributed by atoms with van der Waals surface area (Å²) in [6.45, 7) is 7.06. The lowest BCUT2D eigenvalue weighted by atomic mass is 10.1. The summed E-state index contributed by atoms with van der Waals surface area (Å²) < 4.78 is 58.5. The maximum Gasteiger partial charge on any atom is 0.349 e.